The van der Waals surface area contributed by atoms with E-state index in [1.54, 1.807) is 18.0 Å². The number of pyridine rings is 1. The standard InChI is InChI=1S/C26H29N5O3/c1-2-22(32)30-23(19-7-4-3-5-8-19)26(34)31-14-6-9-21(31)25(33)29-16-17-10-11-18-12-13-28-24(27)20(18)15-17/h3-5,7-8,10-13,15,21,23H,2,6,9,14,16H2,1H3,(H2,27,28)(H,29,33)(H,30,32)/t21-,23+/m0/s1. The summed E-state index contributed by atoms with van der Waals surface area (Å²) in [6, 6.07) is 15.4. The van der Waals surface area contributed by atoms with Gasteiger partial charge in [0, 0.05) is 31.1 Å². The molecule has 1 saturated heterocycles. The van der Waals surface area contributed by atoms with E-state index in [-0.39, 0.29) is 24.1 Å². The topological polar surface area (TPSA) is 117 Å². The summed E-state index contributed by atoms with van der Waals surface area (Å²) in [5.74, 6) is -0.249. The lowest BCUT2D eigenvalue weighted by atomic mass is 10.0. The first-order chi connectivity index (χ1) is 16.5. The van der Waals surface area contributed by atoms with Crippen molar-refractivity contribution in [2.24, 2.45) is 0 Å². The minimum absolute atomic E-state index is 0.210. The van der Waals surface area contributed by atoms with Gasteiger partial charge < -0.3 is 21.3 Å². The zero-order valence-corrected chi connectivity index (χ0v) is 19.2. The number of nitrogens with zero attached hydrogens (tertiary/aromatic N) is 2. The molecule has 4 N–H and O–H groups in total. The van der Waals surface area contributed by atoms with Crippen molar-refractivity contribution >= 4 is 34.3 Å². The van der Waals surface area contributed by atoms with Gasteiger partial charge in [-0.2, -0.15) is 0 Å². The third-order valence-electron chi connectivity index (χ3n) is 6.17. The van der Waals surface area contributed by atoms with E-state index in [1.807, 2.05) is 54.6 Å². The molecule has 1 aliphatic rings. The number of carbonyl (C=O) groups is 3. The molecule has 2 atom stereocenters. The van der Waals surface area contributed by atoms with Crippen LogP contribution in [0.5, 0.6) is 0 Å². The number of fused-ring (bicyclic) bond motifs is 1. The summed E-state index contributed by atoms with van der Waals surface area (Å²) < 4.78 is 0. The number of nitrogens with two attached hydrogens (primary N) is 1. The maximum atomic E-state index is 13.5. The third kappa shape index (κ3) is 5.01. The van der Waals surface area contributed by atoms with Crippen LogP contribution in [0.2, 0.25) is 0 Å². The van der Waals surface area contributed by atoms with Gasteiger partial charge in [0.1, 0.15) is 17.9 Å². The predicted molar refractivity (Wildman–Crippen MR) is 130 cm³/mol. The first-order valence-corrected chi connectivity index (χ1v) is 11.5. The van der Waals surface area contributed by atoms with Crippen LogP contribution in [0.15, 0.2) is 60.8 Å². The highest BCUT2D eigenvalue weighted by molar-refractivity contribution is 5.93. The zero-order chi connectivity index (χ0) is 24.1. The summed E-state index contributed by atoms with van der Waals surface area (Å²) in [7, 11) is 0. The largest absolute Gasteiger partial charge is 0.383 e. The second kappa shape index (κ2) is 10.3. The Balaban J connectivity index is 1.47. The molecule has 8 nitrogen and oxygen atoms in total. The van der Waals surface area contributed by atoms with E-state index < -0.39 is 12.1 Å². The van der Waals surface area contributed by atoms with E-state index >= 15 is 0 Å². The summed E-state index contributed by atoms with van der Waals surface area (Å²) in [5, 5.41) is 7.60. The number of rotatable bonds is 7. The van der Waals surface area contributed by atoms with Crippen LogP contribution >= 0.6 is 0 Å². The molecule has 0 bridgehead atoms. The van der Waals surface area contributed by atoms with Gasteiger partial charge in [-0.1, -0.05) is 49.4 Å². The number of benzene rings is 2. The Morgan fingerprint density at radius 2 is 1.94 bits per heavy atom. The number of nitrogen functional groups attached to an aromatic ring is 1. The van der Waals surface area contributed by atoms with Gasteiger partial charge in [0.2, 0.25) is 17.7 Å². The number of likely N-dealkylation sites (tertiary alicyclic amines) is 1. The van der Waals surface area contributed by atoms with Crippen LogP contribution < -0.4 is 16.4 Å². The van der Waals surface area contributed by atoms with Gasteiger partial charge in [-0.25, -0.2) is 4.98 Å². The van der Waals surface area contributed by atoms with Crippen molar-refractivity contribution < 1.29 is 14.4 Å². The van der Waals surface area contributed by atoms with Crippen molar-refractivity contribution in [2.45, 2.75) is 44.8 Å². The zero-order valence-electron chi connectivity index (χ0n) is 19.2. The second-order valence-corrected chi connectivity index (χ2v) is 8.42. The fourth-order valence-electron chi connectivity index (χ4n) is 4.32. The first-order valence-electron chi connectivity index (χ1n) is 11.5. The average Bonchev–Trinajstić information content (AvgIpc) is 3.36. The molecule has 0 spiro atoms. The lowest BCUT2D eigenvalue weighted by Crippen LogP contribution is -2.50. The van der Waals surface area contributed by atoms with E-state index in [4.69, 9.17) is 5.73 Å². The highest BCUT2D eigenvalue weighted by atomic mass is 16.2. The van der Waals surface area contributed by atoms with Gasteiger partial charge in [0.15, 0.2) is 0 Å². The molecular weight excluding hydrogens is 430 g/mol. The third-order valence-corrected chi connectivity index (χ3v) is 6.17. The lowest BCUT2D eigenvalue weighted by Gasteiger charge is -2.29. The van der Waals surface area contributed by atoms with Crippen molar-refractivity contribution in [3.8, 4) is 0 Å². The fraction of sp³-hybridized carbons (Fsp3) is 0.308. The highest BCUT2D eigenvalue weighted by Gasteiger charge is 2.38. The van der Waals surface area contributed by atoms with Crippen LogP contribution in [0.1, 0.15) is 43.4 Å². The SMILES string of the molecule is CCC(=O)N[C@@H](C(=O)N1CCC[C@H]1C(=O)NCc1ccc2ccnc(N)c2c1)c1ccccc1. The Morgan fingerprint density at radius 3 is 2.71 bits per heavy atom. The minimum Gasteiger partial charge on any atom is -0.383 e. The molecule has 0 aliphatic carbocycles. The number of hydrogen-bond donors (Lipinski definition) is 3. The van der Waals surface area contributed by atoms with E-state index in [0.29, 0.717) is 30.9 Å². The van der Waals surface area contributed by atoms with Crippen LogP contribution in [0.25, 0.3) is 10.8 Å². The van der Waals surface area contributed by atoms with Gasteiger partial charge in [-0.3, -0.25) is 14.4 Å². The molecular formula is C26H29N5O3. The summed E-state index contributed by atoms with van der Waals surface area (Å²) in [4.78, 5) is 44.4. The summed E-state index contributed by atoms with van der Waals surface area (Å²) in [6.07, 6.45) is 3.24. The van der Waals surface area contributed by atoms with Crippen molar-refractivity contribution in [3.63, 3.8) is 0 Å². The van der Waals surface area contributed by atoms with Crippen molar-refractivity contribution in [3.05, 3.63) is 71.9 Å². The maximum Gasteiger partial charge on any atom is 0.250 e. The smallest absolute Gasteiger partial charge is 0.250 e. The van der Waals surface area contributed by atoms with Crippen molar-refractivity contribution in [2.75, 3.05) is 12.3 Å². The first kappa shape index (κ1) is 23.2. The molecule has 8 heteroatoms. The number of hydrogen-bond acceptors (Lipinski definition) is 5. The second-order valence-electron chi connectivity index (χ2n) is 8.42. The quantitative estimate of drug-likeness (QED) is 0.502. The number of amides is 3. The molecule has 3 aromatic rings. The van der Waals surface area contributed by atoms with Gasteiger partial charge in [-0.15, -0.1) is 0 Å². The Hall–Kier alpha value is -3.94. The van der Waals surface area contributed by atoms with E-state index in [2.05, 4.69) is 15.6 Å². The normalized spacial score (nSPS) is 16.3. The van der Waals surface area contributed by atoms with Crippen LogP contribution in [-0.2, 0) is 20.9 Å². The van der Waals surface area contributed by atoms with Gasteiger partial charge in [0.25, 0.3) is 0 Å². The minimum atomic E-state index is -0.821. The number of carbonyl (C=O) groups excluding carboxylic acids is 3. The number of nitrogens with one attached hydrogen (secondary N) is 2. The molecule has 3 amide bonds. The van der Waals surface area contributed by atoms with Crippen LogP contribution in [0.3, 0.4) is 0 Å². The number of aromatic nitrogens is 1. The van der Waals surface area contributed by atoms with Gasteiger partial charge >= 0.3 is 0 Å². The Labute approximate surface area is 198 Å². The maximum absolute atomic E-state index is 13.5. The molecule has 34 heavy (non-hydrogen) atoms. The van der Waals surface area contributed by atoms with E-state index in [9.17, 15) is 14.4 Å². The average molecular weight is 460 g/mol. The Kier molecular flexibility index (Phi) is 7.06. The Morgan fingerprint density at radius 1 is 1.15 bits per heavy atom. The summed E-state index contributed by atoms with van der Waals surface area (Å²) in [6.45, 7) is 2.53. The van der Waals surface area contributed by atoms with Gasteiger partial charge in [-0.05, 0) is 41.5 Å². The molecule has 1 aliphatic heterocycles. The molecule has 2 aromatic carbocycles. The van der Waals surface area contributed by atoms with Crippen molar-refractivity contribution in [1.82, 2.24) is 20.5 Å². The summed E-state index contributed by atoms with van der Waals surface area (Å²) in [5.41, 5.74) is 7.57. The molecule has 4 rings (SSSR count). The molecule has 1 aromatic heterocycles. The lowest BCUT2D eigenvalue weighted by molar-refractivity contribution is -0.141. The van der Waals surface area contributed by atoms with Crippen LogP contribution in [0.4, 0.5) is 5.82 Å². The number of anilines is 1. The fourth-order valence-corrected chi connectivity index (χ4v) is 4.32. The molecule has 0 saturated carbocycles. The molecule has 2 heterocycles. The van der Waals surface area contributed by atoms with Gasteiger partial charge in [0.05, 0.1) is 0 Å². The van der Waals surface area contributed by atoms with Crippen LogP contribution in [-0.4, -0.2) is 40.2 Å². The molecule has 0 unspecified atom stereocenters. The monoisotopic (exact) mass is 459 g/mol. The molecule has 176 valence electrons. The van der Waals surface area contributed by atoms with Crippen LogP contribution in [0, 0.1) is 0 Å². The van der Waals surface area contributed by atoms with Crippen molar-refractivity contribution in [1.29, 1.82) is 0 Å². The van der Waals surface area contributed by atoms with E-state index in [0.717, 1.165) is 22.8 Å². The predicted octanol–water partition coefficient (Wildman–Crippen LogP) is 2.69. The molecule has 0 radical (unpaired) electrons. The Bertz CT molecular complexity index is 1200. The molecule has 1 fully saturated rings. The highest BCUT2D eigenvalue weighted by Crippen LogP contribution is 2.25. The van der Waals surface area contributed by atoms with E-state index in [1.165, 1.54) is 0 Å². The summed E-state index contributed by atoms with van der Waals surface area (Å²) >= 11 is 0.